The smallest absolute Gasteiger partial charge is 0.269 e. The Balaban J connectivity index is 0.000000240. The molecule has 8 heteroatoms. The summed E-state index contributed by atoms with van der Waals surface area (Å²) in [7, 11) is 0. The van der Waals surface area contributed by atoms with Crippen molar-refractivity contribution >= 4 is 29.3 Å². The molecule has 2 aromatic rings. The third-order valence-electron chi connectivity index (χ3n) is 3.02. The maximum atomic E-state index is 10.3. The van der Waals surface area contributed by atoms with Crippen LogP contribution in [0.25, 0.3) is 0 Å². The molecule has 3 N–H and O–H groups in total. The summed E-state index contributed by atoms with van der Waals surface area (Å²) in [6.45, 7) is 1.39. The van der Waals surface area contributed by atoms with Gasteiger partial charge in [-0.25, -0.2) is 0 Å². The van der Waals surface area contributed by atoms with Crippen LogP contribution in [-0.2, 0) is 16.3 Å². The van der Waals surface area contributed by atoms with Gasteiger partial charge in [-0.1, -0.05) is 30.3 Å². The fraction of sp³-hybridized carbons (Fsp3) is 0.250. The first-order valence-corrected chi connectivity index (χ1v) is 9.98. The van der Waals surface area contributed by atoms with Gasteiger partial charge < -0.3 is 15.2 Å². The number of non-ortho nitro benzene ring substituents is 1. The van der Waals surface area contributed by atoms with Crippen molar-refractivity contribution in [3.05, 3.63) is 70.3 Å². The van der Waals surface area contributed by atoms with Crippen molar-refractivity contribution in [2.24, 2.45) is 5.73 Å². The van der Waals surface area contributed by atoms with Gasteiger partial charge in [0.2, 0.25) is 6.49 Å². The SMILES string of the molecule is CC(N)c1ccc([N+](=O)[O-])cc1.CCOP(O)(=S)c1ccccc1. The van der Waals surface area contributed by atoms with Gasteiger partial charge in [-0.2, -0.15) is 0 Å². The Hall–Kier alpha value is -1.63. The minimum absolute atomic E-state index is 0.0780. The Bertz CT molecular complexity index is 693. The number of hydrogen-bond donors (Lipinski definition) is 2. The van der Waals surface area contributed by atoms with Crippen LogP contribution in [0, 0.1) is 10.1 Å². The predicted molar refractivity (Wildman–Crippen MR) is 99.9 cm³/mol. The highest BCUT2D eigenvalue weighted by Gasteiger charge is 2.14. The van der Waals surface area contributed by atoms with E-state index < -0.39 is 11.4 Å². The van der Waals surface area contributed by atoms with Crippen LogP contribution in [0.2, 0.25) is 0 Å². The van der Waals surface area contributed by atoms with Crippen LogP contribution in [0.1, 0.15) is 25.5 Å². The first-order chi connectivity index (χ1) is 11.3. The van der Waals surface area contributed by atoms with E-state index in [1.165, 1.54) is 12.1 Å². The lowest BCUT2D eigenvalue weighted by Gasteiger charge is -2.13. The number of nitro benzene ring substituents is 1. The maximum Gasteiger partial charge on any atom is 0.269 e. The lowest BCUT2D eigenvalue weighted by atomic mass is 10.1. The van der Waals surface area contributed by atoms with Crippen LogP contribution in [0.4, 0.5) is 5.69 Å². The van der Waals surface area contributed by atoms with Crippen LogP contribution >= 0.6 is 6.49 Å². The molecule has 0 saturated heterocycles. The largest absolute Gasteiger partial charge is 0.342 e. The van der Waals surface area contributed by atoms with E-state index in [1.807, 2.05) is 32.0 Å². The highest BCUT2D eigenvalue weighted by Crippen LogP contribution is 2.40. The number of nitrogens with zero attached hydrogens (tertiary/aromatic N) is 1. The zero-order valence-electron chi connectivity index (χ0n) is 13.5. The van der Waals surface area contributed by atoms with Gasteiger partial charge in [0, 0.05) is 23.5 Å². The van der Waals surface area contributed by atoms with Crippen molar-refractivity contribution in [1.82, 2.24) is 0 Å². The van der Waals surface area contributed by atoms with Gasteiger partial charge in [0.05, 0.1) is 11.5 Å². The van der Waals surface area contributed by atoms with E-state index in [2.05, 4.69) is 0 Å². The third-order valence-corrected chi connectivity index (χ3v) is 5.52. The summed E-state index contributed by atoms with van der Waals surface area (Å²) < 4.78 is 5.10. The molecule has 0 heterocycles. The molecule has 0 amide bonds. The first kappa shape index (κ1) is 20.4. The second-order valence-electron chi connectivity index (χ2n) is 4.91. The standard InChI is InChI=1S/C8H10N2O2.C8H11O2PS/c1-6(9)7-2-4-8(5-3-7)10(11)12;1-2-10-11(9,12)8-6-4-3-5-7-8/h2-6H,9H2,1H3;3-7H,2H2,1H3,(H,9,12). The van der Waals surface area contributed by atoms with Crippen LogP contribution in [0.5, 0.6) is 0 Å². The van der Waals surface area contributed by atoms with E-state index in [0.717, 1.165) is 5.56 Å². The minimum atomic E-state index is -2.71. The molecule has 0 aliphatic carbocycles. The van der Waals surface area contributed by atoms with Gasteiger partial charge in [-0.15, -0.1) is 0 Å². The fourth-order valence-electron chi connectivity index (χ4n) is 1.77. The molecule has 2 unspecified atom stereocenters. The molecule has 0 radical (unpaired) electrons. The minimum Gasteiger partial charge on any atom is -0.342 e. The van der Waals surface area contributed by atoms with Gasteiger partial charge in [-0.05, 0) is 43.4 Å². The lowest BCUT2D eigenvalue weighted by Crippen LogP contribution is -2.05. The van der Waals surface area contributed by atoms with E-state index in [1.54, 1.807) is 24.3 Å². The predicted octanol–water partition coefficient (Wildman–Crippen LogP) is 3.26. The summed E-state index contributed by atoms with van der Waals surface area (Å²) in [5, 5.41) is 11.0. The van der Waals surface area contributed by atoms with E-state index in [-0.39, 0.29) is 11.7 Å². The summed E-state index contributed by atoms with van der Waals surface area (Å²) in [4.78, 5) is 19.5. The molecule has 0 aliphatic heterocycles. The number of benzene rings is 2. The lowest BCUT2D eigenvalue weighted by molar-refractivity contribution is -0.384. The molecule has 2 atom stereocenters. The second kappa shape index (κ2) is 9.61. The number of nitrogens with two attached hydrogens (primary N) is 1. The van der Waals surface area contributed by atoms with Crippen molar-refractivity contribution in [3.8, 4) is 0 Å². The molecule has 24 heavy (non-hydrogen) atoms. The summed E-state index contributed by atoms with van der Waals surface area (Å²) in [6.07, 6.45) is 0. The molecule has 0 aromatic heterocycles. The first-order valence-electron chi connectivity index (χ1n) is 7.30. The fourth-order valence-corrected chi connectivity index (χ4v) is 3.49. The normalized spacial score (nSPS) is 14.0. The Morgan fingerprint density at radius 1 is 1.25 bits per heavy atom. The summed E-state index contributed by atoms with van der Waals surface area (Å²) in [5.41, 5.74) is 6.57. The Labute approximate surface area is 146 Å². The summed E-state index contributed by atoms with van der Waals surface area (Å²) in [6, 6.07) is 15.3. The quantitative estimate of drug-likeness (QED) is 0.477. The zero-order valence-corrected chi connectivity index (χ0v) is 15.2. The molecule has 2 aromatic carbocycles. The van der Waals surface area contributed by atoms with Crippen molar-refractivity contribution in [1.29, 1.82) is 0 Å². The van der Waals surface area contributed by atoms with Crippen LogP contribution in [0.15, 0.2) is 54.6 Å². The van der Waals surface area contributed by atoms with Gasteiger partial charge in [0.25, 0.3) is 5.69 Å². The second-order valence-corrected chi connectivity index (χ2v) is 8.21. The molecule has 0 spiro atoms. The number of rotatable bonds is 5. The van der Waals surface area contributed by atoms with E-state index >= 15 is 0 Å². The van der Waals surface area contributed by atoms with Gasteiger partial charge in [0.15, 0.2) is 0 Å². The highest BCUT2D eigenvalue weighted by atomic mass is 32.5. The molecule has 2 rings (SSSR count). The molecule has 130 valence electrons. The van der Waals surface area contributed by atoms with E-state index in [0.29, 0.717) is 11.9 Å². The molecular formula is C16H21N2O4PS. The molecule has 0 fully saturated rings. The van der Waals surface area contributed by atoms with E-state index in [9.17, 15) is 15.0 Å². The Morgan fingerprint density at radius 2 is 1.79 bits per heavy atom. The monoisotopic (exact) mass is 368 g/mol. The summed E-state index contributed by atoms with van der Waals surface area (Å²) in [5.74, 6) is 0. The van der Waals surface area contributed by atoms with Crippen molar-refractivity contribution < 1.29 is 14.3 Å². The van der Waals surface area contributed by atoms with Crippen molar-refractivity contribution in [3.63, 3.8) is 0 Å². The van der Waals surface area contributed by atoms with Crippen LogP contribution < -0.4 is 11.0 Å². The topological polar surface area (TPSA) is 98.6 Å². The zero-order chi connectivity index (χ0) is 18.2. The van der Waals surface area contributed by atoms with E-state index in [4.69, 9.17) is 22.1 Å². The molecule has 0 saturated carbocycles. The van der Waals surface area contributed by atoms with Gasteiger partial charge in [-0.3, -0.25) is 10.1 Å². The number of hydrogen-bond acceptors (Lipinski definition) is 5. The third kappa shape index (κ3) is 6.47. The van der Waals surface area contributed by atoms with Gasteiger partial charge in [0.1, 0.15) is 0 Å². The summed E-state index contributed by atoms with van der Waals surface area (Å²) >= 11 is 4.95. The van der Waals surface area contributed by atoms with Crippen LogP contribution in [0.3, 0.4) is 0 Å². The van der Waals surface area contributed by atoms with Crippen LogP contribution in [-0.4, -0.2) is 16.4 Å². The maximum absolute atomic E-state index is 10.3. The highest BCUT2D eigenvalue weighted by molar-refractivity contribution is 8.13. The van der Waals surface area contributed by atoms with Crippen molar-refractivity contribution in [2.75, 3.05) is 6.61 Å². The Morgan fingerprint density at radius 3 is 2.21 bits per heavy atom. The Kier molecular flexibility index (Phi) is 8.18. The molecule has 0 bridgehead atoms. The average molecular weight is 368 g/mol. The number of nitro groups is 1. The molecular weight excluding hydrogens is 347 g/mol. The van der Waals surface area contributed by atoms with Crippen molar-refractivity contribution in [2.45, 2.75) is 19.9 Å². The molecule has 0 aliphatic rings. The average Bonchev–Trinajstić information content (AvgIpc) is 2.56. The van der Waals surface area contributed by atoms with Gasteiger partial charge >= 0.3 is 0 Å². The molecule has 6 nitrogen and oxygen atoms in total.